The number of rotatable bonds is 7. The third kappa shape index (κ3) is 5.96. The van der Waals surface area contributed by atoms with E-state index in [1.165, 1.54) is 18.4 Å². The van der Waals surface area contributed by atoms with Crippen molar-refractivity contribution in [2.24, 2.45) is 17.3 Å². The van der Waals surface area contributed by atoms with Gasteiger partial charge in [-0.3, -0.25) is 9.48 Å². The number of hydrogen-bond acceptors (Lipinski definition) is 4. The van der Waals surface area contributed by atoms with E-state index < -0.39 is 0 Å². The van der Waals surface area contributed by atoms with Crippen molar-refractivity contribution in [2.75, 3.05) is 13.7 Å². The highest BCUT2D eigenvalue weighted by Gasteiger charge is 2.27. The maximum Gasteiger partial charge on any atom is 0.273 e. The first-order chi connectivity index (χ1) is 15.7. The van der Waals surface area contributed by atoms with E-state index in [-0.39, 0.29) is 17.0 Å². The van der Waals surface area contributed by atoms with Gasteiger partial charge in [0.15, 0.2) is 5.69 Å². The second-order valence-corrected chi connectivity index (χ2v) is 10.6. The van der Waals surface area contributed by atoms with Crippen LogP contribution in [0.3, 0.4) is 0 Å². The second-order valence-electron chi connectivity index (χ2n) is 10.6. The average molecular weight is 451 g/mol. The van der Waals surface area contributed by atoms with E-state index in [1.54, 1.807) is 11.8 Å². The maximum atomic E-state index is 13.0. The molecule has 1 heterocycles. The number of amides is 1. The molecule has 178 valence electrons. The molecule has 0 aliphatic heterocycles. The van der Waals surface area contributed by atoms with E-state index in [1.807, 2.05) is 19.1 Å². The summed E-state index contributed by atoms with van der Waals surface area (Å²) in [6, 6.07) is 8.32. The summed E-state index contributed by atoms with van der Waals surface area (Å²) in [5, 5.41) is 17.6. The second kappa shape index (κ2) is 10.4. The Balaban J connectivity index is 1.90. The van der Waals surface area contributed by atoms with Crippen molar-refractivity contribution in [2.45, 2.75) is 73.3 Å². The van der Waals surface area contributed by atoms with Crippen LogP contribution in [-0.4, -0.2) is 29.3 Å². The van der Waals surface area contributed by atoms with E-state index in [2.05, 4.69) is 50.2 Å². The summed E-state index contributed by atoms with van der Waals surface area (Å²) in [6.45, 7) is 12.0. The number of aryl methyl sites for hydroxylation is 1. The van der Waals surface area contributed by atoms with Gasteiger partial charge in [0, 0.05) is 18.7 Å². The van der Waals surface area contributed by atoms with Crippen LogP contribution in [0.1, 0.15) is 81.9 Å². The van der Waals surface area contributed by atoms with E-state index in [0.29, 0.717) is 36.0 Å². The van der Waals surface area contributed by atoms with Gasteiger partial charge in [0.2, 0.25) is 0 Å². The Morgan fingerprint density at radius 2 is 1.97 bits per heavy atom. The lowest BCUT2D eigenvalue weighted by atomic mass is 9.83. The fourth-order valence-electron chi connectivity index (χ4n) is 4.74. The first-order valence-electron chi connectivity index (χ1n) is 12.1. The fourth-order valence-corrected chi connectivity index (χ4v) is 4.74. The minimum atomic E-state index is -0.276. The normalized spacial score (nSPS) is 18.6. The fraction of sp³-hybridized carbons (Fsp3) is 0.593. The van der Waals surface area contributed by atoms with E-state index in [4.69, 9.17) is 4.74 Å². The molecule has 3 rings (SSSR count). The first kappa shape index (κ1) is 24.8. The zero-order valence-corrected chi connectivity index (χ0v) is 21.0. The van der Waals surface area contributed by atoms with Gasteiger partial charge < -0.3 is 10.1 Å². The molecular formula is C27H38N4O2. The summed E-state index contributed by atoms with van der Waals surface area (Å²) in [6.07, 6.45) is 5.61. The molecule has 2 aromatic rings. The number of methoxy groups -OCH3 is 1. The monoisotopic (exact) mass is 450 g/mol. The van der Waals surface area contributed by atoms with Gasteiger partial charge in [0.05, 0.1) is 12.8 Å². The average Bonchev–Trinajstić information content (AvgIpc) is 3.16. The molecule has 1 aliphatic carbocycles. The topological polar surface area (TPSA) is 79.9 Å². The highest BCUT2D eigenvalue weighted by molar-refractivity contribution is 5.97. The molecule has 1 saturated carbocycles. The van der Waals surface area contributed by atoms with Gasteiger partial charge in [0.25, 0.3) is 5.91 Å². The molecule has 6 heteroatoms. The quantitative estimate of drug-likeness (QED) is 0.596. The van der Waals surface area contributed by atoms with Crippen LogP contribution in [0.25, 0.3) is 11.3 Å². The summed E-state index contributed by atoms with van der Waals surface area (Å²) in [7, 11) is 1.64. The van der Waals surface area contributed by atoms with Crippen molar-refractivity contribution in [3.8, 4) is 23.1 Å². The highest BCUT2D eigenvalue weighted by Crippen LogP contribution is 2.36. The van der Waals surface area contributed by atoms with Crippen molar-refractivity contribution >= 4 is 5.91 Å². The highest BCUT2D eigenvalue weighted by atomic mass is 16.5. The molecule has 0 radical (unpaired) electrons. The molecule has 1 aliphatic rings. The standard InChI is InChI=1S/C27H38N4O2/c1-7-31-25(21-13-12-20(14-23(21)33-6)15-27(3,4)5)22(16-28)24(30-31)26(32)29-17-19-10-8-18(2)9-11-19/h12-14,18-19H,7-11,15,17H2,1-6H3,(H,29,32). The lowest BCUT2D eigenvalue weighted by Crippen LogP contribution is -2.31. The first-order valence-corrected chi connectivity index (χ1v) is 12.1. The van der Waals surface area contributed by atoms with Gasteiger partial charge in [0.1, 0.15) is 17.4 Å². The molecule has 33 heavy (non-hydrogen) atoms. The van der Waals surface area contributed by atoms with Gasteiger partial charge in [-0.15, -0.1) is 0 Å². The number of nitrogens with one attached hydrogen (secondary N) is 1. The van der Waals surface area contributed by atoms with Gasteiger partial charge in [-0.2, -0.15) is 10.4 Å². The van der Waals surface area contributed by atoms with Crippen molar-refractivity contribution in [3.05, 3.63) is 35.0 Å². The zero-order valence-electron chi connectivity index (χ0n) is 21.0. The lowest BCUT2D eigenvalue weighted by Gasteiger charge is -2.26. The third-order valence-electron chi connectivity index (χ3n) is 6.52. The molecule has 0 atom stereocenters. The van der Waals surface area contributed by atoms with Crippen molar-refractivity contribution in [1.82, 2.24) is 15.1 Å². The van der Waals surface area contributed by atoms with E-state index in [0.717, 1.165) is 30.7 Å². The van der Waals surface area contributed by atoms with Gasteiger partial charge in [-0.1, -0.05) is 46.6 Å². The molecule has 6 nitrogen and oxygen atoms in total. The summed E-state index contributed by atoms with van der Waals surface area (Å²) in [5.74, 6) is 1.68. The van der Waals surface area contributed by atoms with Crippen LogP contribution in [-0.2, 0) is 13.0 Å². The Bertz CT molecular complexity index is 1020. The summed E-state index contributed by atoms with van der Waals surface area (Å²) < 4.78 is 7.44. The van der Waals surface area contributed by atoms with Crippen LogP contribution in [0.2, 0.25) is 0 Å². The molecule has 0 unspecified atom stereocenters. The molecule has 1 aromatic heterocycles. The molecule has 0 spiro atoms. The van der Waals surface area contributed by atoms with E-state index in [9.17, 15) is 10.1 Å². The third-order valence-corrected chi connectivity index (χ3v) is 6.52. The predicted octanol–water partition coefficient (Wildman–Crippen LogP) is 5.59. The largest absolute Gasteiger partial charge is 0.496 e. The number of aromatic nitrogens is 2. The molecule has 1 aromatic carbocycles. The number of nitriles is 1. The summed E-state index contributed by atoms with van der Waals surface area (Å²) in [5.41, 5.74) is 3.23. The SMILES string of the molecule is CCn1nc(C(=O)NCC2CCC(C)CC2)c(C#N)c1-c1ccc(CC(C)(C)C)cc1OC. The van der Waals surface area contributed by atoms with Crippen molar-refractivity contribution in [1.29, 1.82) is 5.26 Å². The predicted molar refractivity (Wildman–Crippen MR) is 131 cm³/mol. The molecule has 1 amide bonds. The Labute approximate surface area is 198 Å². The number of hydrogen-bond donors (Lipinski definition) is 1. The Morgan fingerprint density at radius 3 is 2.55 bits per heavy atom. The van der Waals surface area contributed by atoms with Crippen molar-refractivity contribution < 1.29 is 9.53 Å². The van der Waals surface area contributed by atoms with E-state index >= 15 is 0 Å². The number of carbonyl (C=O) groups is 1. The van der Waals surface area contributed by atoms with Gasteiger partial charge in [-0.25, -0.2) is 0 Å². The Morgan fingerprint density at radius 1 is 1.27 bits per heavy atom. The van der Waals surface area contributed by atoms with Crippen LogP contribution < -0.4 is 10.1 Å². The van der Waals surface area contributed by atoms with Gasteiger partial charge in [-0.05, 0) is 61.1 Å². The van der Waals surface area contributed by atoms with Crippen LogP contribution in [0.5, 0.6) is 5.75 Å². The Kier molecular flexibility index (Phi) is 7.84. The zero-order chi connectivity index (χ0) is 24.2. The molecular weight excluding hydrogens is 412 g/mol. The molecule has 0 saturated heterocycles. The number of ether oxygens (including phenoxy) is 1. The molecule has 0 bridgehead atoms. The number of benzene rings is 1. The molecule has 1 N–H and O–H groups in total. The van der Waals surface area contributed by atoms with Crippen LogP contribution >= 0.6 is 0 Å². The summed E-state index contributed by atoms with van der Waals surface area (Å²) >= 11 is 0. The smallest absolute Gasteiger partial charge is 0.273 e. The van der Waals surface area contributed by atoms with Crippen molar-refractivity contribution in [3.63, 3.8) is 0 Å². The lowest BCUT2D eigenvalue weighted by molar-refractivity contribution is 0.0935. The summed E-state index contributed by atoms with van der Waals surface area (Å²) in [4.78, 5) is 13.0. The Hall–Kier alpha value is -2.81. The molecule has 1 fully saturated rings. The maximum absolute atomic E-state index is 13.0. The van der Waals surface area contributed by atoms with Crippen LogP contribution in [0.15, 0.2) is 18.2 Å². The minimum absolute atomic E-state index is 0.150. The van der Waals surface area contributed by atoms with Crippen LogP contribution in [0, 0.1) is 28.6 Å². The minimum Gasteiger partial charge on any atom is -0.496 e. The number of nitrogens with zero attached hydrogens (tertiary/aromatic N) is 3. The van der Waals surface area contributed by atoms with Crippen LogP contribution in [0.4, 0.5) is 0 Å². The van der Waals surface area contributed by atoms with Gasteiger partial charge >= 0.3 is 0 Å². The number of carbonyl (C=O) groups excluding carboxylic acids is 1.